The number of carbonyl (C=O) groups excluding carboxylic acids is 5. The van der Waals surface area contributed by atoms with Gasteiger partial charge in [-0.2, -0.15) is 0 Å². The number of phosphoric ester groups is 1. The van der Waals surface area contributed by atoms with Gasteiger partial charge in [-0.05, 0) is 25.7 Å². The highest BCUT2D eigenvalue weighted by Gasteiger charge is 2.45. The maximum absolute atomic E-state index is 13.8. The number of phosphoric acid groups is 1. The summed E-state index contributed by atoms with van der Waals surface area (Å²) in [5.41, 5.74) is -1.27. The van der Waals surface area contributed by atoms with Crippen LogP contribution in [0.25, 0.3) is 0 Å². The Labute approximate surface area is 489 Å². The van der Waals surface area contributed by atoms with Crippen molar-refractivity contribution in [2.45, 2.75) is 159 Å². The van der Waals surface area contributed by atoms with Crippen LogP contribution in [0.4, 0.5) is 0 Å². The van der Waals surface area contributed by atoms with Crippen LogP contribution in [-0.2, 0) is 80.2 Å². The van der Waals surface area contributed by atoms with Gasteiger partial charge in [-0.3, -0.25) is 33.0 Å². The Morgan fingerprint density at radius 2 is 0.810 bits per heavy atom. The van der Waals surface area contributed by atoms with Gasteiger partial charge in [0.1, 0.15) is 42.4 Å². The topological polar surface area (TPSA) is 454 Å². The standard InChI is InChI=1S/C52H95N4O27P/c1-32-43(65)46(68)36(26-57)81-49(32)77-18-6-14-54-40(62)11-21-74-29-52(25-35(60)9-5-10-39(61)53-16-8-20-80-84(71,72)73-4,31-76-23-13-42(64)56-17-24-79-51-34(3)45(67)48(70)38(28-59)83-51)30-75-22-12-41(63)55-15-7-19-78-50-33(2)44(66)47(69)37(27-58)82-50/h32-34,36-38,43-51,57-59,65-70H,5-31H2,1-4H3,(H,53,61)(H,54,62)(H,55,63)(H,56,64)(H,71,72)/t32?,33?,34?,36?,37?,38?,43-,44-,45-,46+,47+,48+,49-,50-,51-,52?/m1/s1. The molecular formula is C52H95N4O27P. The first-order valence-corrected chi connectivity index (χ1v) is 30.1. The lowest BCUT2D eigenvalue weighted by atomic mass is 9.84. The first-order valence-electron chi connectivity index (χ1n) is 28.6. The smallest absolute Gasteiger partial charge is 0.394 e. The normalized spacial score (nSPS) is 29.5. The highest BCUT2D eigenvalue weighted by molar-refractivity contribution is 7.47. The zero-order chi connectivity index (χ0) is 62.2. The van der Waals surface area contributed by atoms with Crippen LogP contribution < -0.4 is 21.3 Å². The second-order valence-electron chi connectivity index (χ2n) is 21.2. The lowest BCUT2D eigenvalue weighted by molar-refractivity contribution is -0.282. The number of amides is 4. The molecule has 0 radical (unpaired) electrons. The highest BCUT2D eigenvalue weighted by atomic mass is 31.2. The molecular weight excluding hydrogens is 1140 g/mol. The van der Waals surface area contributed by atoms with E-state index >= 15 is 0 Å². The van der Waals surface area contributed by atoms with Crippen molar-refractivity contribution < 1.29 is 131 Å². The van der Waals surface area contributed by atoms with Crippen molar-refractivity contribution in [3.63, 3.8) is 0 Å². The van der Waals surface area contributed by atoms with Gasteiger partial charge in [0.2, 0.25) is 23.6 Å². The Hall–Kier alpha value is -3.06. The number of aliphatic hydroxyl groups is 9. The zero-order valence-electron chi connectivity index (χ0n) is 48.6. The molecule has 3 aliphatic heterocycles. The van der Waals surface area contributed by atoms with Crippen molar-refractivity contribution in [2.75, 3.05) is 119 Å². The van der Waals surface area contributed by atoms with Gasteiger partial charge in [-0.25, -0.2) is 4.57 Å². The molecule has 3 fully saturated rings. The van der Waals surface area contributed by atoms with E-state index in [0.29, 0.717) is 12.8 Å². The second-order valence-corrected chi connectivity index (χ2v) is 22.8. The average molecular weight is 1240 g/mol. The van der Waals surface area contributed by atoms with Crippen molar-refractivity contribution >= 4 is 37.2 Å². The molecule has 0 aromatic rings. The molecule has 0 bridgehead atoms. The van der Waals surface area contributed by atoms with Gasteiger partial charge < -0.3 is 115 Å². The summed E-state index contributed by atoms with van der Waals surface area (Å²) in [7, 11) is -3.16. The molecule has 84 heavy (non-hydrogen) atoms. The first kappa shape index (κ1) is 75.2. The molecule has 3 saturated heterocycles. The number of hydrogen-bond donors (Lipinski definition) is 14. The van der Waals surface area contributed by atoms with E-state index in [-0.39, 0.29) is 167 Å². The predicted octanol–water partition coefficient (Wildman–Crippen LogP) is -4.00. The van der Waals surface area contributed by atoms with Crippen LogP contribution >= 0.6 is 7.82 Å². The second kappa shape index (κ2) is 40.5. The third-order valence-corrected chi connectivity index (χ3v) is 15.3. The van der Waals surface area contributed by atoms with E-state index in [4.69, 9.17) is 47.2 Å². The van der Waals surface area contributed by atoms with Gasteiger partial charge in [-0.1, -0.05) is 20.8 Å². The molecule has 3 heterocycles. The minimum absolute atomic E-state index is 0.0268. The third kappa shape index (κ3) is 27.1. The Bertz CT molecular complexity index is 1880. The van der Waals surface area contributed by atoms with Gasteiger partial charge in [0.15, 0.2) is 18.9 Å². The summed E-state index contributed by atoms with van der Waals surface area (Å²) in [4.78, 5) is 74.5. The molecule has 0 aromatic carbocycles. The largest absolute Gasteiger partial charge is 0.471 e. The van der Waals surface area contributed by atoms with Gasteiger partial charge in [0.05, 0.1) is 104 Å². The summed E-state index contributed by atoms with van der Waals surface area (Å²) in [6, 6.07) is 0. The molecule has 4 amide bonds. The van der Waals surface area contributed by atoms with Crippen LogP contribution in [0.3, 0.4) is 0 Å². The number of ether oxygens (including phenoxy) is 9. The summed E-state index contributed by atoms with van der Waals surface area (Å²) in [6.07, 6.45) is -13.0. The number of ketones is 1. The summed E-state index contributed by atoms with van der Waals surface area (Å²) in [5.74, 6) is -3.73. The summed E-state index contributed by atoms with van der Waals surface area (Å²) >= 11 is 0. The third-order valence-electron chi connectivity index (χ3n) is 14.3. The molecule has 0 saturated carbocycles. The summed E-state index contributed by atoms with van der Waals surface area (Å²) < 4.78 is 72.5. The molecule has 3 aliphatic rings. The van der Waals surface area contributed by atoms with Gasteiger partial charge >= 0.3 is 7.82 Å². The Morgan fingerprint density at radius 1 is 0.464 bits per heavy atom. The minimum Gasteiger partial charge on any atom is -0.394 e. The first-order chi connectivity index (χ1) is 40.0. The van der Waals surface area contributed by atoms with Gasteiger partial charge in [0, 0.05) is 95.0 Å². The molecule has 14 N–H and O–H groups in total. The van der Waals surface area contributed by atoms with E-state index in [1.165, 1.54) is 0 Å². The monoisotopic (exact) mass is 1240 g/mol. The molecule has 0 aromatic heterocycles. The van der Waals surface area contributed by atoms with Crippen molar-refractivity contribution in [3.05, 3.63) is 0 Å². The molecule has 0 spiro atoms. The summed E-state index contributed by atoms with van der Waals surface area (Å²) in [6.45, 7) is 2.80. The lowest BCUT2D eigenvalue weighted by Crippen LogP contribution is -2.55. The van der Waals surface area contributed by atoms with Crippen molar-refractivity contribution in [1.29, 1.82) is 0 Å². The molecule has 490 valence electrons. The van der Waals surface area contributed by atoms with Crippen molar-refractivity contribution in [1.82, 2.24) is 21.3 Å². The lowest BCUT2D eigenvalue weighted by Gasteiger charge is -2.40. The fourth-order valence-electron chi connectivity index (χ4n) is 9.07. The SMILES string of the molecule is COP(=O)(O)OCCCNC(=O)CCCC(=O)CC(COCCC(=O)NCCCO[C@@H]1OC(CO)[C@H](O)[C@H](O)C1C)(COCCC(=O)NCCCO[C@@H]1OC(CO)[C@H](O)[C@H](O)C1C)COCCC(=O)NCCO[C@@H]1OC(CO)[C@H](O)[C@H](O)C1C. The fourth-order valence-corrected chi connectivity index (χ4v) is 9.54. The van der Waals surface area contributed by atoms with Crippen LogP contribution in [0.2, 0.25) is 0 Å². The van der Waals surface area contributed by atoms with Crippen LogP contribution in [-0.4, -0.2) is 273 Å². The Kier molecular flexibility index (Phi) is 36.2. The van der Waals surface area contributed by atoms with E-state index in [9.17, 15) is 79.4 Å². The molecule has 3 rings (SSSR count). The number of nitrogens with one attached hydrogen (secondary N) is 4. The van der Waals surface area contributed by atoms with Crippen LogP contribution in [0.1, 0.15) is 85.0 Å². The number of rotatable bonds is 44. The maximum Gasteiger partial charge on any atom is 0.471 e. The highest BCUT2D eigenvalue weighted by Crippen LogP contribution is 2.41. The Balaban J connectivity index is 1.62. The fraction of sp³-hybridized carbons (Fsp3) is 0.904. The van der Waals surface area contributed by atoms with E-state index in [1.54, 1.807) is 20.8 Å². The molecule has 32 heteroatoms. The van der Waals surface area contributed by atoms with Gasteiger partial charge in [0.25, 0.3) is 0 Å². The summed E-state index contributed by atoms with van der Waals surface area (Å²) in [5, 5.41) is 101. The molecule has 31 nitrogen and oxygen atoms in total. The van der Waals surface area contributed by atoms with Crippen LogP contribution in [0.5, 0.6) is 0 Å². The van der Waals surface area contributed by atoms with Gasteiger partial charge in [-0.15, -0.1) is 0 Å². The van der Waals surface area contributed by atoms with E-state index < -0.39 is 131 Å². The molecule has 0 aliphatic carbocycles. The average Bonchev–Trinajstić information content (AvgIpc) is 3.60. The quantitative estimate of drug-likeness (QED) is 0.0204. The van der Waals surface area contributed by atoms with E-state index in [2.05, 4.69) is 25.8 Å². The number of hydrogen-bond acceptors (Lipinski definition) is 26. The number of aliphatic hydroxyl groups excluding tert-OH is 9. The predicted molar refractivity (Wildman–Crippen MR) is 290 cm³/mol. The van der Waals surface area contributed by atoms with Crippen LogP contribution in [0, 0.1) is 23.2 Å². The minimum atomic E-state index is -4.18. The van der Waals surface area contributed by atoms with Crippen molar-refractivity contribution in [3.8, 4) is 0 Å². The number of carbonyl (C=O) groups is 5. The van der Waals surface area contributed by atoms with E-state index in [1.807, 2.05) is 0 Å². The van der Waals surface area contributed by atoms with Crippen LogP contribution in [0.15, 0.2) is 0 Å². The zero-order valence-corrected chi connectivity index (χ0v) is 49.5. The van der Waals surface area contributed by atoms with Crippen molar-refractivity contribution in [2.24, 2.45) is 23.2 Å². The molecule has 16 atom stereocenters. The molecule has 7 unspecified atom stereocenters. The Morgan fingerprint density at radius 3 is 1.18 bits per heavy atom. The number of Topliss-reactive ketones (excluding diaryl/α,β-unsaturated/α-hetero) is 1. The maximum atomic E-state index is 13.8. The van der Waals surface area contributed by atoms with E-state index in [0.717, 1.165) is 7.11 Å².